The van der Waals surface area contributed by atoms with Crippen LogP contribution in [0.3, 0.4) is 0 Å². The average molecular weight is 167 g/mol. The fraction of sp³-hybridized carbons (Fsp3) is 0.375. The minimum Gasteiger partial charge on any atom is -0.395 e. The van der Waals surface area contributed by atoms with Gasteiger partial charge in [0, 0.05) is 4.88 Å². The highest BCUT2D eigenvalue weighted by Crippen LogP contribution is 2.13. The van der Waals surface area contributed by atoms with E-state index in [0.29, 0.717) is 6.42 Å². The van der Waals surface area contributed by atoms with Gasteiger partial charge in [-0.25, -0.2) is 0 Å². The Hall–Kier alpha value is -0.850. The van der Waals surface area contributed by atoms with Gasteiger partial charge in [-0.15, -0.1) is 11.3 Å². The van der Waals surface area contributed by atoms with E-state index < -0.39 is 0 Å². The van der Waals surface area contributed by atoms with Crippen LogP contribution in [0.4, 0.5) is 0 Å². The number of thiophene rings is 1. The highest BCUT2D eigenvalue weighted by atomic mass is 32.1. The van der Waals surface area contributed by atoms with E-state index in [1.54, 1.807) is 11.3 Å². The Kier molecular flexibility index (Phi) is 3.09. The summed E-state index contributed by atoms with van der Waals surface area (Å²) in [5.41, 5.74) is 0. The number of hydrogen-bond acceptors (Lipinski definition) is 3. The molecule has 0 aliphatic carbocycles. The van der Waals surface area contributed by atoms with Crippen molar-refractivity contribution >= 4 is 11.3 Å². The summed E-state index contributed by atoms with van der Waals surface area (Å²) in [5.74, 6) is -0.242. The maximum atomic E-state index is 8.71. The van der Waals surface area contributed by atoms with E-state index in [9.17, 15) is 0 Å². The molecule has 11 heavy (non-hydrogen) atoms. The molecule has 0 aromatic carbocycles. The van der Waals surface area contributed by atoms with Gasteiger partial charge in [0.2, 0.25) is 0 Å². The molecule has 1 heterocycles. The molecule has 0 fully saturated rings. The molecule has 1 aromatic rings. The molecule has 58 valence electrons. The molecular weight excluding hydrogens is 158 g/mol. The largest absolute Gasteiger partial charge is 0.395 e. The van der Waals surface area contributed by atoms with Gasteiger partial charge in [-0.1, -0.05) is 6.07 Å². The predicted octanol–water partition coefficient (Wildman–Crippen LogP) is 1.42. The maximum absolute atomic E-state index is 8.71. The third-order valence-electron chi connectivity index (χ3n) is 1.43. The molecule has 0 saturated carbocycles. The number of rotatable bonds is 3. The predicted molar refractivity (Wildman–Crippen MR) is 44.2 cm³/mol. The third-order valence-corrected chi connectivity index (χ3v) is 2.33. The van der Waals surface area contributed by atoms with Crippen LogP contribution < -0.4 is 0 Å². The second-order valence-electron chi connectivity index (χ2n) is 2.29. The first-order valence-electron chi connectivity index (χ1n) is 3.39. The summed E-state index contributed by atoms with van der Waals surface area (Å²) in [6.45, 7) is -0.0472. The zero-order valence-corrected chi connectivity index (χ0v) is 6.84. The van der Waals surface area contributed by atoms with Crippen LogP contribution in [0.1, 0.15) is 4.88 Å². The van der Waals surface area contributed by atoms with Crippen LogP contribution in [0.25, 0.3) is 0 Å². The fourth-order valence-corrected chi connectivity index (χ4v) is 1.61. The monoisotopic (exact) mass is 167 g/mol. The first-order valence-corrected chi connectivity index (χ1v) is 4.27. The number of hydrogen-bond donors (Lipinski definition) is 1. The van der Waals surface area contributed by atoms with Crippen molar-refractivity contribution in [1.29, 1.82) is 5.26 Å². The van der Waals surface area contributed by atoms with Crippen molar-refractivity contribution in [2.24, 2.45) is 5.92 Å². The standard InChI is InChI=1S/C8H9NOS/c9-5-7(6-10)4-8-2-1-3-11-8/h1-3,7,10H,4,6H2/t7-/m0/s1. The van der Waals surface area contributed by atoms with E-state index in [4.69, 9.17) is 10.4 Å². The zero-order valence-electron chi connectivity index (χ0n) is 6.03. The van der Waals surface area contributed by atoms with Crippen LogP contribution in [0, 0.1) is 17.2 Å². The topological polar surface area (TPSA) is 44.0 Å². The molecule has 2 nitrogen and oxygen atoms in total. The van der Waals surface area contributed by atoms with Crippen molar-refractivity contribution in [3.63, 3.8) is 0 Å². The summed E-state index contributed by atoms with van der Waals surface area (Å²) >= 11 is 1.62. The van der Waals surface area contributed by atoms with E-state index in [1.807, 2.05) is 23.6 Å². The lowest BCUT2D eigenvalue weighted by atomic mass is 10.1. The highest BCUT2D eigenvalue weighted by Gasteiger charge is 2.06. The summed E-state index contributed by atoms with van der Waals surface area (Å²) in [6, 6.07) is 5.97. The molecule has 1 N–H and O–H groups in total. The second-order valence-corrected chi connectivity index (χ2v) is 3.32. The second kappa shape index (κ2) is 4.12. The lowest BCUT2D eigenvalue weighted by molar-refractivity contribution is 0.256. The van der Waals surface area contributed by atoms with Gasteiger partial charge in [0.1, 0.15) is 0 Å². The lowest BCUT2D eigenvalue weighted by Gasteiger charge is -2.00. The van der Waals surface area contributed by atoms with Crippen LogP contribution in [0.2, 0.25) is 0 Å². The number of aliphatic hydroxyl groups excluding tert-OH is 1. The summed E-state index contributed by atoms with van der Waals surface area (Å²) in [5, 5.41) is 19.2. The van der Waals surface area contributed by atoms with E-state index in [-0.39, 0.29) is 12.5 Å². The molecule has 0 spiro atoms. The SMILES string of the molecule is N#C[C@@H](CO)Cc1cccs1. The van der Waals surface area contributed by atoms with Crippen molar-refractivity contribution in [2.45, 2.75) is 6.42 Å². The van der Waals surface area contributed by atoms with Crippen molar-refractivity contribution in [2.75, 3.05) is 6.61 Å². The van der Waals surface area contributed by atoms with Gasteiger partial charge in [0.05, 0.1) is 18.6 Å². The third kappa shape index (κ3) is 2.34. The average Bonchev–Trinajstić information content (AvgIpc) is 2.52. The van der Waals surface area contributed by atoms with Gasteiger partial charge >= 0.3 is 0 Å². The summed E-state index contributed by atoms with van der Waals surface area (Å²) < 4.78 is 0. The molecule has 0 aliphatic heterocycles. The molecule has 1 atom stereocenters. The first-order chi connectivity index (χ1) is 5.36. The molecule has 0 amide bonds. The van der Waals surface area contributed by atoms with Crippen molar-refractivity contribution < 1.29 is 5.11 Å². The van der Waals surface area contributed by atoms with Gasteiger partial charge in [0.15, 0.2) is 0 Å². The van der Waals surface area contributed by atoms with E-state index >= 15 is 0 Å². The normalized spacial score (nSPS) is 12.4. The molecule has 0 radical (unpaired) electrons. The Labute approximate surface area is 69.7 Å². The minimum atomic E-state index is -0.242. The lowest BCUT2D eigenvalue weighted by Crippen LogP contribution is -2.05. The van der Waals surface area contributed by atoms with Gasteiger partial charge in [0.25, 0.3) is 0 Å². The van der Waals surface area contributed by atoms with E-state index in [1.165, 1.54) is 0 Å². The van der Waals surface area contributed by atoms with Crippen LogP contribution in [0.15, 0.2) is 17.5 Å². The quantitative estimate of drug-likeness (QED) is 0.740. The fourth-order valence-electron chi connectivity index (χ4n) is 0.823. The van der Waals surface area contributed by atoms with Crippen LogP contribution in [-0.2, 0) is 6.42 Å². The van der Waals surface area contributed by atoms with Gasteiger partial charge in [-0.3, -0.25) is 0 Å². The smallest absolute Gasteiger partial charge is 0.0742 e. The van der Waals surface area contributed by atoms with Crippen molar-refractivity contribution in [1.82, 2.24) is 0 Å². The Bertz CT molecular complexity index is 237. The molecule has 1 aromatic heterocycles. The summed E-state index contributed by atoms with van der Waals surface area (Å²) in [7, 11) is 0. The van der Waals surface area contributed by atoms with Crippen LogP contribution in [0.5, 0.6) is 0 Å². The van der Waals surface area contributed by atoms with Crippen molar-refractivity contribution in [3.05, 3.63) is 22.4 Å². The molecule has 3 heteroatoms. The van der Waals surface area contributed by atoms with Gasteiger partial charge < -0.3 is 5.11 Å². The summed E-state index contributed by atoms with van der Waals surface area (Å²) in [6.07, 6.45) is 0.671. The highest BCUT2D eigenvalue weighted by molar-refractivity contribution is 7.09. The number of nitriles is 1. The molecule has 0 saturated heterocycles. The Morgan fingerprint density at radius 2 is 2.55 bits per heavy atom. The molecule has 0 bridgehead atoms. The number of aliphatic hydroxyl groups is 1. The van der Waals surface area contributed by atoms with Crippen molar-refractivity contribution in [3.8, 4) is 6.07 Å². The Morgan fingerprint density at radius 3 is 3.00 bits per heavy atom. The van der Waals surface area contributed by atoms with Crippen LogP contribution >= 0.6 is 11.3 Å². The molecular formula is C8H9NOS. The number of nitrogens with zero attached hydrogens (tertiary/aromatic N) is 1. The van der Waals surface area contributed by atoms with Gasteiger partial charge in [-0.05, 0) is 17.9 Å². The Balaban J connectivity index is 2.49. The molecule has 0 aliphatic rings. The molecule has 0 unspecified atom stereocenters. The van der Waals surface area contributed by atoms with Gasteiger partial charge in [-0.2, -0.15) is 5.26 Å². The summed E-state index contributed by atoms with van der Waals surface area (Å²) in [4.78, 5) is 1.16. The molecule has 1 rings (SSSR count). The first kappa shape index (κ1) is 8.25. The minimum absolute atomic E-state index is 0.0472. The Morgan fingerprint density at radius 1 is 1.73 bits per heavy atom. The van der Waals surface area contributed by atoms with E-state index in [2.05, 4.69) is 0 Å². The van der Waals surface area contributed by atoms with E-state index in [0.717, 1.165) is 4.88 Å². The zero-order chi connectivity index (χ0) is 8.10. The van der Waals surface area contributed by atoms with Crippen LogP contribution in [-0.4, -0.2) is 11.7 Å². The maximum Gasteiger partial charge on any atom is 0.0742 e.